The van der Waals surface area contributed by atoms with Crippen molar-refractivity contribution in [1.82, 2.24) is 16.0 Å². The van der Waals surface area contributed by atoms with Gasteiger partial charge in [0.05, 0.1) is 0 Å². The summed E-state index contributed by atoms with van der Waals surface area (Å²) in [6, 6.07) is 7.18. The number of aryl methyl sites for hydroxylation is 1. The second-order valence-electron chi connectivity index (χ2n) is 9.02. The van der Waals surface area contributed by atoms with Crippen molar-refractivity contribution >= 4 is 23.9 Å². The summed E-state index contributed by atoms with van der Waals surface area (Å²) in [5, 5.41) is 16.9. The fraction of sp³-hybridized carbons (Fsp3) is 0.565. The van der Waals surface area contributed by atoms with E-state index >= 15 is 0 Å². The van der Waals surface area contributed by atoms with Crippen molar-refractivity contribution in [2.24, 2.45) is 5.92 Å². The molecule has 1 aromatic rings. The van der Waals surface area contributed by atoms with E-state index in [0.717, 1.165) is 5.56 Å². The van der Waals surface area contributed by atoms with Crippen LogP contribution in [0.2, 0.25) is 0 Å². The molecule has 1 aromatic carbocycles. The molecular formula is C23H35N3O6. The number of nitrogens with one attached hydrogen (secondary N) is 3. The predicted molar refractivity (Wildman–Crippen MR) is 120 cm³/mol. The normalized spacial score (nSPS) is 13.1. The number of rotatable bonds is 11. The molecule has 0 saturated heterocycles. The minimum Gasteiger partial charge on any atom is -0.480 e. The fourth-order valence-electron chi connectivity index (χ4n) is 2.85. The monoisotopic (exact) mass is 449 g/mol. The molecule has 32 heavy (non-hydrogen) atoms. The summed E-state index contributed by atoms with van der Waals surface area (Å²) in [7, 11) is 0. The van der Waals surface area contributed by atoms with Crippen molar-refractivity contribution in [3.8, 4) is 0 Å². The molecule has 0 spiro atoms. The Morgan fingerprint density at radius 1 is 1.00 bits per heavy atom. The summed E-state index contributed by atoms with van der Waals surface area (Å²) >= 11 is 0. The van der Waals surface area contributed by atoms with Gasteiger partial charge < -0.3 is 25.8 Å². The van der Waals surface area contributed by atoms with E-state index in [1.54, 1.807) is 20.8 Å². The Labute approximate surface area is 189 Å². The molecule has 4 N–H and O–H groups in total. The first-order chi connectivity index (χ1) is 14.9. The van der Waals surface area contributed by atoms with Crippen LogP contribution in [0.3, 0.4) is 0 Å². The molecule has 9 nitrogen and oxygen atoms in total. The Balaban J connectivity index is 2.63. The van der Waals surface area contributed by atoms with E-state index in [4.69, 9.17) is 4.74 Å². The van der Waals surface area contributed by atoms with Gasteiger partial charge in [-0.3, -0.25) is 9.59 Å². The van der Waals surface area contributed by atoms with Crippen LogP contribution in [0.25, 0.3) is 0 Å². The second-order valence-corrected chi connectivity index (χ2v) is 9.02. The number of hydrogen-bond acceptors (Lipinski definition) is 5. The Kier molecular flexibility index (Phi) is 10.7. The summed E-state index contributed by atoms with van der Waals surface area (Å²) in [5.74, 6) is -2.15. The highest BCUT2D eigenvalue weighted by Gasteiger charge is 2.27. The SMILES string of the molecule is CC(C)CC(NC(=O)OC(C)(C)C)C(=O)NCC(NC(=O)CCc1ccccc1)C(=O)O. The Morgan fingerprint density at radius 3 is 2.16 bits per heavy atom. The summed E-state index contributed by atoms with van der Waals surface area (Å²) in [4.78, 5) is 48.4. The van der Waals surface area contributed by atoms with Crippen molar-refractivity contribution in [3.05, 3.63) is 35.9 Å². The molecule has 0 fully saturated rings. The highest BCUT2D eigenvalue weighted by molar-refractivity contribution is 5.87. The van der Waals surface area contributed by atoms with Crippen LogP contribution < -0.4 is 16.0 Å². The van der Waals surface area contributed by atoms with Gasteiger partial charge >= 0.3 is 12.1 Å². The van der Waals surface area contributed by atoms with Gasteiger partial charge in [0.25, 0.3) is 0 Å². The number of benzene rings is 1. The molecule has 1 rings (SSSR count). The molecule has 9 heteroatoms. The van der Waals surface area contributed by atoms with E-state index in [0.29, 0.717) is 12.8 Å². The molecule has 0 radical (unpaired) electrons. The van der Waals surface area contributed by atoms with Gasteiger partial charge in [-0.15, -0.1) is 0 Å². The van der Waals surface area contributed by atoms with Crippen molar-refractivity contribution in [2.45, 2.75) is 71.6 Å². The number of ether oxygens (including phenoxy) is 1. The first-order valence-corrected chi connectivity index (χ1v) is 10.7. The van der Waals surface area contributed by atoms with Crippen LogP contribution in [-0.2, 0) is 25.5 Å². The first-order valence-electron chi connectivity index (χ1n) is 10.7. The van der Waals surface area contributed by atoms with Crippen LogP contribution >= 0.6 is 0 Å². The molecule has 0 aliphatic carbocycles. The number of hydrogen-bond donors (Lipinski definition) is 4. The van der Waals surface area contributed by atoms with Gasteiger partial charge in [0.1, 0.15) is 17.7 Å². The van der Waals surface area contributed by atoms with Crippen molar-refractivity contribution in [2.75, 3.05) is 6.54 Å². The molecule has 178 valence electrons. The second kappa shape index (κ2) is 12.7. The van der Waals surface area contributed by atoms with Crippen LogP contribution in [0.1, 0.15) is 53.0 Å². The summed E-state index contributed by atoms with van der Waals surface area (Å²) < 4.78 is 5.20. The third kappa shape index (κ3) is 11.3. The van der Waals surface area contributed by atoms with Gasteiger partial charge in [-0.25, -0.2) is 9.59 Å². The summed E-state index contributed by atoms with van der Waals surface area (Å²) in [5.41, 5.74) is 0.244. The van der Waals surface area contributed by atoms with E-state index in [2.05, 4.69) is 16.0 Å². The molecule has 0 aliphatic heterocycles. The van der Waals surface area contributed by atoms with Crippen LogP contribution in [0.4, 0.5) is 4.79 Å². The largest absolute Gasteiger partial charge is 0.480 e. The third-order valence-electron chi connectivity index (χ3n) is 4.31. The maximum atomic E-state index is 12.6. The first kappa shape index (κ1) is 26.9. The number of carboxylic acid groups (broad SMARTS) is 1. The van der Waals surface area contributed by atoms with Gasteiger partial charge in [0.2, 0.25) is 11.8 Å². The smallest absolute Gasteiger partial charge is 0.408 e. The predicted octanol–water partition coefficient (Wildman–Crippen LogP) is 2.24. The number of carbonyl (C=O) groups is 4. The van der Waals surface area contributed by atoms with E-state index in [-0.39, 0.29) is 18.9 Å². The Hall–Kier alpha value is -3.10. The minimum absolute atomic E-state index is 0.0913. The lowest BCUT2D eigenvalue weighted by atomic mass is 10.0. The van der Waals surface area contributed by atoms with E-state index in [9.17, 15) is 24.3 Å². The van der Waals surface area contributed by atoms with Crippen molar-refractivity contribution < 1.29 is 29.0 Å². The van der Waals surface area contributed by atoms with Crippen molar-refractivity contribution in [1.29, 1.82) is 0 Å². The average molecular weight is 450 g/mol. The number of alkyl carbamates (subject to hydrolysis) is 1. The maximum Gasteiger partial charge on any atom is 0.408 e. The van der Waals surface area contributed by atoms with Crippen molar-refractivity contribution in [3.63, 3.8) is 0 Å². The highest BCUT2D eigenvalue weighted by atomic mass is 16.6. The molecule has 3 amide bonds. The molecular weight excluding hydrogens is 414 g/mol. The standard InChI is InChI=1S/C23H35N3O6/c1-15(2)13-17(26-22(31)32-23(3,4)5)20(28)24-14-18(21(29)30)25-19(27)12-11-16-9-7-6-8-10-16/h6-10,15,17-18H,11-14H2,1-5H3,(H,24,28)(H,25,27)(H,26,31)(H,29,30). The third-order valence-corrected chi connectivity index (χ3v) is 4.31. The lowest BCUT2D eigenvalue weighted by Crippen LogP contribution is -2.53. The van der Waals surface area contributed by atoms with Gasteiger partial charge in [0, 0.05) is 13.0 Å². The fourth-order valence-corrected chi connectivity index (χ4v) is 2.85. The number of aliphatic carboxylic acids is 1. The number of amides is 3. The van der Waals surface area contributed by atoms with E-state index in [1.165, 1.54) is 0 Å². The van der Waals surface area contributed by atoms with Crippen LogP contribution in [0.15, 0.2) is 30.3 Å². The molecule has 2 atom stereocenters. The maximum absolute atomic E-state index is 12.6. The molecule has 0 aliphatic rings. The summed E-state index contributed by atoms with van der Waals surface area (Å²) in [6.07, 6.45) is 0.202. The van der Waals surface area contributed by atoms with Crippen LogP contribution in [0, 0.1) is 5.92 Å². The quantitative estimate of drug-likeness (QED) is 0.409. The number of carbonyl (C=O) groups excluding carboxylic acids is 3. The van der Waals surface area contributed by atoms with Gasteiger partial charge in [-0.2, -0.15) is 0 Å². The highest BCUT2D eigenvalue weighted by Crippen LogP contribution is 2.10. The molecule has 2 unspecified atom stereocenters. The Morgan fingerprint density at radius 2 is 1.62 bits per heavy atom. The van der Waals surface area contributed by atoms with Gasteiger partial charge in [0.15, 0.2) is 0 Å². The zero-order chi connectivity index (χ0) is 24.3. The van der Waals surface area contributed by atoms with Gasteiger partial charge in [-0.1, -0.05) is 44.2 Å². The summed E-state index contributed by atoms with van der Waals surface area (Å²) in [6.45, 7) is 8.61. The lowest BCUT2D eigenvalue weighted by molar-refractivity contribution is -0.141. The zero-order valence-electron chi connectivity index (χ0n) is 19.4. The molecule has 0 aromatic heterocycles. The number of carboxylic acids is 1. The lowest BCUT2D eigenvalue weighted by Gasteiger charge is -2.24. The zero-order valence-corrected chi connectivity index (χ0v) is 19.4. The molecule has 0 heterocycles. The topological polar surface area (TPSA) is 134 Å². The van der Waals surface area contributed by atoms with E-state index in [1.807, 2.05) is 44.2 Å². The molecule has 0 bridgehead atoms. The van der Waals surface area contributed by atoms with Crippen LogP contribution in [0.5, 0.6) is 0 Å². The van der Waals surface area contributed by atoms with Crippen LogP contribution in [-0.4, -0.2) is 53.2 Å². The molecule has 0 saturated carbocycles. The average Bonchev–Trinajstić information content (AvgIpc) is 2.67. The van der Waals surface area contributed by atoms with E-state index < -0.39 is 41.6 Å². The Bertz CT molecular complexity index is 774. The van der Waals surface area contributed by atoms with Gasteiger partial charge in [-0.05, 0) is 45.1 Å². The minimum atomic E-state index is -1.29.